The molecule has 116 valence electrons. The van der Waals surface area contributed by atoms with E-state index in [1.165, 1.54) is 51.5 Å². The Bertz CT molecular complexity index is 474. The maximum absolute atomic E-state index is 6.22. The standard InChI is InChI=1S/C17H24BrClN2/c18-14-9-8-12(11-15(14)19)21-17-7-2-1-5-13(17)16-6-3-4-10-20-16/h8-9,11,13,16-17,20-21H,1-7,10H2. The maximum atomic E-state index is 6.22. The molecule has 3 unspecified atom stereocenters. The van der Waals surface area contributed by atoms with Crippen molar-refractivity contribution in [2.45, 2.75) is 57.0 Å². The van der Waals surface area contributed by atoms with Crippen LogP contribution in [0.1, 0.15) is 44.9 Å². The predicted octanol–water partition coefficient (Wildman–Crippen LogP) is 5.22. The molecular weight excluding hydrogens is 348 g/mol. The SMILES string of the molecule is Clc1cc(NC2CCCCC2C2CCCCN2)ccc1Br. The molecule has 3 rings (SSSR count). The van der Waals surface area contributed by atoms with Crippen molar-refractivity contribution in [3.63, 3.8) is 0 Å². The van der Waals surface area contributed by atoms with E-state index in [9.17, 15) is 0 Å². The van der Waals surface area contributed by atoms with E-state index in [4.69, 9.17) is 11.6 Å². The number of piperidine rings is 1. The third kappa shape index (κ3) is 3.94. The second-order valence-corrected chi connectivity index (χ2v) is 7.65. The molecular formula is C17H24BrClN2. The van der Waals surface area contributed by atoms with Crippen LogP contribution in [0.15, 0.2) is 22.7 Å². The number of benzene rings is 1. The normalized spacial score (nSPS) is 30.1. The van der Waals surface area contributed by atoms with Gasteiger partial charge in [0.15, 0.2) is 0 Å². The number of nitrogens with one attached hydrogen (secondary N) is 2. The highest BCUT2D eigenvalue weighted by atomic mass is 79.9. The molecule has 1 saturated heterocycles. The average Bonchev–Trinajstić information content (AvgIpc) is 2.52. The van der Waals surface area contributed by atoms with E-state index in [1.54, 1.807) is 0 Å². The van der Waals surface area contributed by atoms with Gasteiger partial charge in [-0.15, -0.1) is 0 Å². The van der Waals surface area contributed by atoms with Crippen LogP contribution in [-0.2, 0) is 0 Å². The molecule has 0 radical (unpaired) electrons. The largest absolute Gasteiger partial charge is 0.382 e. The molecule has 2 aliphatic rings. The zero-order valence-corrected chi connectivity index (χ0v) is 14.7. The van der Waals surface area contributed by atoms with Gasteiger partial charge in [-0.25, -0.2) is 0 Å². The van der Waals surface area contributed by atoms with E-state index in [0.29, 0.717) is 12.1 Å². The highest BCUT2D eigenvalue weighted by molar-refractivity contribution is 9.10. The maximum Gasteiger partial charge on any atom is 0.0568 e. The van der Waals surface area contributed by atoms with Gasteiger partial charge in [0.2, 0.25) is 0 Å². The van der Waals surface area contributed by atoms with E-state index in [1.807, 2.05) is 12.1 Å². The first-order chi connectivity index (χ1) is 10.2. The van der Waals surface area contributed by atoms with Crippen molar-refractivity contribution in [3.05, 3.63) is 27.7 Å². The van der Waals surface area contributed by atoms with E-state index in [2.05, 4.69) is 32.6 Å². The Morgan fingerprint density at radius 1 is 1.10 bits per heavy atom. The number of hydrogen-bond donors (Lipinski definition) is 2. The minimum absolute atomic E-state index is 0.576. The molecule has 0 amide bonds. The first-order valence-corrected chi connectivity index (χ1v) is 9.36. The molecule has 4 heteroatoms. The van der Waals surface area contributed by atoms with Crippen molar-refractivity contribution in [2.24, 2.45) is 5.92 Å². The van der Waals surface area contributed by atoms with Gasteiger partial charge >= 0.3 is 0 Å². The Kier molecular flexibility index (Phi) is 5.47. The summed E-state index contributed by atoms with van der Waals surface area (Å²) in [4.78, 5) is 0. The lowest BCUT2D eigenvalue weighted by Crippen LogP contribution is -2.48. The molecule has 0 aromatic heterocycles. The summed E-state index contributed by atoms with van der Waals surface area (Å²) < 4.78 is 0.962. The molecule has 1 aromatic carbocycles. The Labute approximate surface area is 141 Å². The predicted molar refractivity (Wildman–Crippen MR) is 94.2 cm³/mol. The molecule has 1 aliphatic carbocycles. The van der Waals surface area contributed by atoms with Crippen LogP contribution in [0.3, 0.4) is 0 Å². The minimum atomic E-state index is 0.576. The summed E-state index contributed by atoms with van der Waals surface area (Å²) in [6, 6.07) is 7.46. The van der Waals surface area contributed by atoms with E-state index in [0.717, 1.165) is 21.1 Å². The van der Waals surface area contributed by atoms with Crippen LogP contribution in [0.25, 0.3) is 0 Å². The second-order valence-electron chi connectivity index (χ2n) is 6.38. The smallest absolute Gasteiger partial charge is 0.0568 e. The van der Waals surface area contributed by atoms with Gasteiger partial charge in [-0.05, 0) is 72.3 Å². The van der Waals surface area contributed by atoms with Gasteiger partial charge in [0, 0.05) is 22.2 Å². The van der Waals surface area contributed by atoms with Gasteiger partial charge in [0.1, 0.15) is 0 Å². The van der Waals surface area contributed by atoms with Crippen LogP contribution in [0, 0.1) is 5.92 Å². The summed E-state index contributed by atoms with van der Waals surface area (Å²) >= 11 is 9.68. The van der Waals surface area contributed by atoms with Crippen molar-refractivity contribution < 1.29 is 0 Å². The topological polar surface area (TPSA) is 24.1 Å². The van der Waals surface area contributed by atoms with Crippen LogP contribution >= 0.6 is 27.5 Å². The summed E-state index contributed by atoms with van der Waals surface area (Å²) in [5.74, 6) is 0.751. The Morgan fingerprint density at radius 3 is 2.67 bits per heavy atom. The van der Waals surface area contributed by atoms with Crippen LogP contribution in [0.5, 0.6) is 0 Å². The molecule has 2 N–H and O–H groups in total. The summed E-state index contributed by atoms with van der Waals surface area (Å²) in [6.07, 6.45) is 9.39. The fraction of sp³-hybridized carbons (Fsp3) is 0.647. The third-order valence-corrected chi connectivity index (χ3v) is 6.19. The van der Waals surface area contributed by atoms with Crippen LogP contribution < -0.4 is 10.6 Å². The lowest BCUT2D eigenvalue weighted by Gasteiger charge is -2.40. The summed E-state index contributed by atoms with van der Waals surface area (Å²) in [5.41, 5.74) is 1.15. The number of anilines is 1. The fourth-order valence-electron chi connectivity index (χ4n) is 3.86. The number of hydrogen-bond acceptors (Lipinski definition) is 2. The monoisotopic (exact) mass is 370 g/mol. The zero-order chi connectivity index (χ0) is 14.7. The molecule has 0 spiro atoms. The molecule has 3 atom stereocenters. The number of rotatable bonds is 3. The number of halogens is 2. The highest BCUT2D eigenvalue weighted by Gasteiger charge is 2.32. The quantitative estimate of drug-likeness (QED) is 0.761. The Hall–Kier alpha value is -0.250. The van der Waals surface area contributed by atoms with Gasteiger partial charge in [-0.3, -0.25) is 0 Å². The average molecular weight is 372 g/mol. The molecule has 2 nitrogen and oxygen atoms in total. The van der Waals surface area contributed by atoms with E-state index >= 15 is 0 Å². The molecule has 21 heavy (non-hydrogen) atoms. The first-order valence-electron chi connectivity index (χ1n) is 8.19. The van der Waals surface area contributed by atoms with Gasteiger partial charge in [-0.1, -0.05) is 30.9 Å². The van der Waals surface area contributed by atoms with Crippen molar-refractivity contribution in [1.82, 2.24) is 5.32 Å². The van der Waals surface area contributed by atoms with Crippen molar-refractivity contribution >= 4 is 33.2 Å². The van der Waals surface area contributed by atoms with Crippen molar-refractivity contribution in [3.8, 4) is 0 Å². The van der Waals surface area contributed by atoms with Gasteiger partial charge in [0.25, 0.3) is 0 Å². The molecule has 1 aromatic rings. The first kappa shape index (κ1) is 15.6. The Balaban J connectivity index is 1.69. The summed E-state index contributed by atoms with van der Waals surface area (Å²) in [7, 11) is 0. The zero-order valence-electron chi connectivity index (χ0n) is 12.4. The molecule has 2 fully saturated rings. The highest BCUT2D eigenvalue weighted by Crippen LogP contribution is 2.33. The Morgan fingerprint density at radius 2 is 1.90 bits per heavy atom. The molecule has 1 aliphatic heterocycles. The molecule has 0 bridgehead atoms. The summed E-state index contributed by atoms with van der Waals surface area (Å²) in [5, 5.41) is 8.28. The molecule has 1 heterocycles. The molecule has 1 saturated carbocycles. The van der Waals surface area contributed by atoms with Crippen molar-refractivity contribution in [2.75, 3.05) is 11.9 Å². The second kappa shape index (κ2) is 7.34. The van der Waals surface area contributed by atoms with Gasteiger partial charge < -0.3 is 10.6 Å². The van der Waals surface area contributed by atoms with Crippen LogP contribution in [-0.4, -0.2) is 18.6 Å². The van der Waals surface area contributed by atoms with Gasteiger partial charge in [0.05, 0.1) is 5.02 Å². The lowest BCUT2D eigenvalue weighted by molar-refractivity contribution is 0.217. The lowest BCUT2D eigenvalue weighted by atomic mass is 9.77. The third-order valence-electron chi connectivity index (χ3n) is 4.96. The van der Waals surface area contributed by atoms with Crippen LogP contribution in [0.2, 0.25) is 5.02 Å². The van der Waals surface area contributed by atoms with Gasteiger partial charge in [-0.2, -0.15) is 0 Å². The minimum Gasteiger partial charge on any atom is -0.382 e. The van der Waals surface area contributed by atoms with E-state index in [-0.39, 0.29) is 0 Å². The summed E-state index contributed by atoms with van der Waals surface area (Å²) in [6.45, 7) is 1.19. The van der Waals surface area contributed by atoms with E-state index < -0.39 is 0 Å². The fourth-order valence-corrected chi connectivity index (χ4v) is 4.29. The van der Waals surface area contributed by atoms with Crippen molar-refractivity contribution in [1.29, 1.82) is 0 Å². The van der Waals surface area contributed by atoms with Crippen LogP contribution in [0.4, 0.5) is 5.69 Å².